The quantitative estimate of drug-likeness (QED) is 0.200. The van der Waals surface area contributed by atoms with Crippen molar-refractivity contribution >= 4 is 31.9 Å². The number of rotatable bonds is 7. The number of hydrogen-bond donors (Lipinski definition) is 0. The number of hydrogen-bond acceptors (Lipinski definition) is 0. The van der Waals surface area contributed by atoms with Crippen molar-refractivity contribution in [3.05, 3.63) is 83.2 Å². The van der Waals surface area contributed by atoms with E-state index in [1.54, 1.807) is 6.07 Å². The second-order valence-corrected chi connectivity index (χ2v) is 9.44. The lowest BCUT2D eigenvalue weighted by Crippen LogP contribution is -2.24. The van der Waals surface area contributed by atoms with Gasteiger partial charge in [-0.3, -0.25) is 0 Å². The summed E-state index contributed by atoms with van der Waals surface area (Å²) in [5, 5.41) is 0. The molecule has 31 heavy (non-hydrogen) atoms. The molecule has 0 aliphatic carbocycles. The molecule has 0 spiro atoms. The number of benzene rings is 3. The van der Waals surface area contributed by atoms with Gasteiger partial charge in [0.2, 0.25) is 0 Å². The second-order valence-electron chi connectivity index (χ2n) is 7.27. The third kappa shape index (κ3) is 5.75. The first-order valence-electron chi connectivity index (χ1n) is 9.68. The van der Waals surface area contributed by atoms with Gasteiger partial charge in [-0.2, -0.15) is 8.78 Å². The zero-order valence-electron chi connectivity index (χ0n) is 16.5. The number of halogens is 7. The van der Waals surface area contributed by atoms with E-state index in [9.17, 15) is 22.0 Å². The fourth-order valence-electron chi connectivity index (χ4n) is 3.33. The van der Waals surface area contributed by atoms with E-state index in [0.717, 1.165) is 30.5 Å². The van der Waals surface area contributed by atoms with E-state index in [0.29, 0.717) is 5.56 Å². The zero-order valence-corrected chi connectivity index (χ0v) is 19.7. The highest BCUT2D eigenvalue weighted by Gasteiger charge is 2.35. The van der Waals surface area contributed by atoms with Crippen molar-refractivity contribution < 1.29 is 22.0 Å². The van der Waals surface area contributed by atoms with E-state index in [-0.39, 0.29) is 11.1 Å². The molecule has 3 aromatic rings. The molecule has 0 heterocycles. The lowest BCUT2D eigenvalue weighted by Gasteiger charge is -2.17. The van der Waals surface area contributed by atoms with Crippen LogP contribution in [0.1, 0.15) is 24.5 Å². The normalized spacial score (nSPS) is 12.8. The Labute approximate surface area is 194 Å². The molecule has 0 bridgehead atoms. The highest BCUT2D eigenvalue weighted by molar-refractivity contribution is 9.12. The molecular formula is C24H19Br2F5. The van der Waals surface area contributed by atoms with Gasteiger partial charge in [0, 0.05) is 11.1 Å². The first kappa shape index (κ1) is 23.9. The van der Waals surface area contributed by atoms with Crippen LogP contribution in [0.5, 0.6) is 0 Å². The van der Waals surface area contributed by atoms with E-state index in [2.05, 4.69) is 38.8 Å². The Balaban J connectivity index is 1.89. The molecule has 1 atom stereocenters. The van der Waals surface area contributed by atoms with Gasteiger partial charge in [-0.05, 0) is 69.2 Å². The molecule has 0 aromatic heterocycles. The lowest BCUT2D eigenvalue weighted by molar-refractivity contribution is 0.113. The monoisotopic (exact) mass is 560 g/mol. The Morgan fingerprint density at radius 1 is 0.806 bits per heavy atom. The Morgan fingerprint density at radius 2 is 1.35 bits per heavy atom. The van der Waals surface area contributed by atoms with Crippen molar-refractivity contribution in [3.8, 4) is 22.3 Å². The van der Waals surface area contributed by atoms with E-state index in [1.165, 1.54) is 17.7 Å². The molecule has 0 aliphatic rings. The Hall–Kier alpha value is -1.73. The molecule has 0 saturated heterocycles. The summed E-state index contributed by atoms with van der Waals surface area (Å²) in [6.07, 6.45) is 1.42. The minimum absolute atomic E-state index is 0.00202. The van der Waals surface area contributed by atoms with Gasteiger partial charge in [0.15, 0.2) is 0 Å². The third-order valence-electron chi connectivity index (χ3n) is 4.99. The Morgan fingerprint density at radius 3 is 1.87 bits per heavy atom. The predicted octanol–water partition coefficient (Wildman–Crippen LogP) is 8.68. The molecule has 0 fully saturated rings. The predicted molar refractivity (Wildman–Crippen MR) is 121 cm³/mol. The van der Waals surface area contributed by atoms with Gasteiger partial charge < -0.3 is 0 Å². The van der Waals surface area contributed by atoms with Gasteiger partial charge in [-0.1, -0.05) is 65.7 Å². The highest BCUT2D eigenvalue weighted by Crippen LogP contribution is 2.36. The van der Waals surface area contributed by atoms with Crippen LogP contribution in [0.3, 0.4) is 0 Å². The molecular weight excluding hydrogens is 543 g/mol. The van der Waals surface area contributed by atoms with E-state index in [4.69, 9.17) is 0 Å². The van der Waals surface area contributed by atoms with Crippen LogP contribution in [-0.2, 0) is 12.8 Å². The van der Waals surface area contributed by atoms with Crippen molar-refractivity contribution in [1.29, 1.82) is 0 Å². The highest BCUT2D eigenvalue weighted by atomic mass is 79.9. The van der Waals surface area contributed by atoms with Crippen LogP contribution in [0, 0.1) is 17.5 Å². The van der Waals surface area contributed by atoms with Crippen LogP contribution in [-0.4, -0.2) is 9.66 Å². The minimum Gasteiger partial charge on any atom is -0.207 e. The van der Waals surface area contributed by atoms with Crippen molar-refractivity contribution in [2.75, 3.05) is 0 Å². The fourth-order valence-corrected chi connectivity index (χ4v) is 3.82. The molecule has 0 saturated carbocycles. The molecule has 3 rings (SSSR count). The SMILES string of the molecule is CCCc1ccc(-c2ccc(-c3cc(F)c(CC(Br)C(F)(F)Br)c(F)c3)c(F)c2)cc1. The first-order chi connectivity index (χ1) is 14.6. The van der Waals surface area contributed by atoms with Crippen LogP contribution in [0.15, 0.2) is 54.6 Å². The summed E-state index contributed by atoms with van der Waals surface area (Å²) in [5.41, 5.74) is 2.20. The van der Waals surface area contributed by atoms with Gasteiger partial charge in [-0.25, -0.2) is 13.2 Å². The molecule has 0 amide bonds. The van der Waals surface area contributed by atoms with Crippen molar-refractivity contribution in [2.45, 2.75) is 35.8 Å². The average molecular weight is 562 g/mol. The third-order valence-corrected chi connectivity index (χ3v) is 7.05. The largest absolute Gasteiger partial charge is 0.314 e. The van der Waals surface area contributed by atoms with E-state index in [1.807, 2.05) is 24.3 Å². The fraction of sp³-hybridized carbons (Fsp3) is 0.250. The number of alkyl halides is 4. The minimum atomic E-state index is -3.33. The molecule has 0 radical (unpaired) electrons. The molecule has 0 nitrogen and oxygen atoms in total. The van der Waals surface area contributed by atoms with E-state index >= 15 is 0 Å². The summed E-state index contributed by atoms with van der Waals surface area (Å²) in [7, 11) is 0. The Kier molecular flexibility index (Phi) is 7.58. The molecule has 3 aromatic carbocycles. The standard InChI is InChI=1S/C24H19Br2F5/c1-2-3-14-4-6-15(7-5-14)16-8-9-18(20(27)10-16)17-11-21(28)19(22(29)12-17)13-23(25)24(26,30)31/h4-12,23H,2-3,13H2,1H3. The average Bonchev–Trinajstić information content (AvgIpc) is 2.70. The number of aryl methyl sites for hydroxylation is 1. The Bertz CT molecular complexity index is 1040. The van der Waals surface area contributed by atoms with Gasteiger partial charge in [-0.15, -0.1) is 0 Å². The smallest absolute Gasteiger partial charge is 0.207 e. The van der Waals surface area contributed by atoms with Crippen LogP contribution in [0.25, 0.3) is 22.3 Å². The molecule has 0 N–H and O–H groups in total. The van der Waals surface area contributed by atoms with E-state index < -0.39 is 39.1 Å². The first-order valence-corrected chi connectivity index (χ1v) is 11.4. The van der Waals surface area contributed by atoms with Crippen molar-refractivity contribution in [3.63, 3.8) is 0 Å². The maximum absolute atomic E-state index is 14.8. The maximum atomic E-state index is 14.8. The summed E-state index contributed by atoms with van der Waals surface area (Å²) < 4.78 is 70.3. The topological polar surface area (TPSA) is 0 Å². The van der Waals surface area contributed by atoms with Gasteiger partial charge in [0.25, 0.3) is 0 Å². The molecule has 164 valence electrons. The van der Waals surface area contributed by atoms with Gasteiger partial charge in [0.1, 0.15) is 17.5 Å². The van der Waals surface area contributed by atoms with Crippen LogP contribution in [0.2, 0.25) is 0 Å². The summed E-state index contributed by atoms with van der Waals surface area (Å²) in [5.74, 6) is -2.65. The summed E-state index contributed by atoms with van der Waals surface area (Å²) in [6, 6.07) is 14.2. The second kappa shape index (κ2) is 9.82. The van der Waals surface area contributed by atoms with Crippen LogP contribution >= 0.6 is 31.9 Å². The van der Waals surface area contributed by atoms with Crippen molar-refractivity contribution in [1.82, 2.24) is 0 Å². The molecule has 1 unspecified atom stereocenters. The molecule has 7 heteroatoms. The lowest BCUT2D eigenvalue weighted by atomic mass is 9.97. The summed E-state index contributed by atoms with van der Waals surface area (Å²) in [4.78, 5) is -4.84. The maximum Gasteiger partial charge on any atom is 0.314 e. The zero-order chi connectivity index (χ0) is 22.8. The van der Waals surface area contributed by atoms with Gasteiger partial charge >= 0.3 is 4.83 Å². The van der Waals surface area contributed by atoms with Gasteiger partial charge in [0.05, 0.1) is 4.83 Å². The summed E-state index contributed by atoms with van der Waals surface area (Å²) >= 11 is 4.91. The molecule has 0 aliphatic heterocycles. The summed E-state index contributed by atoms with van der Waals surface area (Å²) in [6.45, 7) is 2.09. The van der Waals surface area contributed by atoms with Crippen LogP contribution < -0.4 is 0 Å². The van der Waals surface area contributed by atoms with Crippen molar-refractivity contribution in [2.24, 2.45) is 0 Å². The van der Waals surface area contributed by atoms with Crippen LogP contribution in [0.4, 0.5) is 22.0 Å².